The van der Waals surface area contributed by atoms with E-state index in [1.807, 2.05) is 30.3 Å². The summed E-state index contributed by atoms with van der Waals surface area (Å²) in [5.74, 6) is -0.173. The largest absolute Gasteiger partial charge is 0.341 e. The van der Waals surface area contributed by atoms with Crippen LogP contribution in [0.3, 0.4) is 0 Å². The third-order valence-electron chi connectivity index (χ3n) is 4.12. The van der Waals surface area contributed by atoms with Crippen molar-refractivity contribution in [3.05, 3.63) is 69.9 Å². The summed E-state index contributed by atoms with van der Waals surface area (Å²) in [5.41, 5.74) is 1.75. The van der Waals surface area contributed by atoms with E-state index in [0.29, 0.717) is 12.1 Å². The van der Waals surface area contributed by atoms with E-state index in [1.165, 1.54) is 6.07 Å². The lowest BCUT2D eigenvalue weighted by atomic mass is 10.1. The topological polar surface area (TPSA) is 20.3 Å². The first kappa shape index (κ1) is 15.2. The number of halogens is 2. The number of nitrogens with zero attached hydrogens (tertiary/aromatic N) is 1. The summed E-state index contributed by atoms with van der Waals surface area (Å²) in [5, 5.41) is 0. The Balaban J connectivity index is 1.63. The van der Waals surface area contributed by atoms with Crippen LogP contribution in [0, 0.1) is 11.7 Å². The normalized spacial score (nSPS) is 19.8. The summed E-state index contributed by atoms with van der Waals surface area (Å²) in [7, 11) is 1.81. The second kappa shape index (κ2) is 6.21. The van der Waals surface area contributed by atoms with Gasteiger partial charge in [0.1, 0.15) is 5.82 Å². The van der Waals surface area contributed by atoms with Crippen molar-refractivity contribution in [3.63, 3.8) is 0 Å². The summed E-state index contributed by atoms with van der Waals surface area (Å²) in [6.45, 7) is 0.576. The van der Waals surface area contributed by atoms with Gasteiger partial charge in [-0.25, -0.2) is 4.39 Å². The Labute approximate surface area is 138 Å². The smallest absolute Gasteiger partial charge is 0.226 e. The Morgan fingerprint density at radius 2 is 1.91 bits per heavy atom. The van der Waals surface area contributed by atoms with Gasteiger partial charge < -0.3 is 4.90 Å². The third kappa shape index (κ3) is 3.22. The van der Waals surface area contributed by atoms with Crippen molar-refractivity contribution in [1.29, 1.82) is 0 Å². The van der Waals surface area contributed by atoms with Crippen molar-refractivity contribution in [2.45, 2.75) is 18.9 Å². The molecule has 0 N–H and O–H groups in total. The fourth-order valence-electron chi connectivity index (χ4n) is 2.81. The summed E-state index contributed by atoms with van der Waals surface area (Å²) in [6, 6.07) is 14.7. The first-order chi connectivity index (χ1) is 10.6. The summed E-state index contributed by atoms with van der Waals surface area (Å²) >= 11 is 3.40. The number of hydrogen-bond acceptors (Lipinski definition) is 1. The lowest BCUT2D eigenvalue weighted by Gasteiger charge is -2.17. The molecule has 114 valence electrons. The van der Waals surface area contributed by atoms with Crippen LogP contribution in [0.2, 0.25) is 0 Å². The van der Waals surface area contributed by atoms with Crippen LogP contribution in [0.25, 0.3) is 0 Å². The SMILES string of the molecule is CN(Cc1ccc(Br)cc1)C(=O)C1CC1c1ccccc1F. The van der Waals surface area contributed by atoms with E-state index in [0.717, 1.165) is 16.5 Å². The Hall–Kier alpha value is -1.68. The molecular weight excluding hydrogens is 345 g/mol. The number of carbonyl (C=O) groups is 1. The van der Waals surface area contributed by atoms with Crippen LogP contribution in [-0.4, -0.2) is 17.9 Å². The molecule has 1 fully saturated rings. The van der Waals surface area contributed by atoms with Crippen molar-refractivity contribution in [2.75, 3.05) is 7.05 Å². The van der Waals surface area contributed by atoms with Crippen LogP contribution >= 0.6 is 15.9 Å². The Morgan fingerprint density at radius 1 is 1.23 bits per heavy atom. The minimum atomic E-state index is -0.210. The van der Waals surface area contributed by atoms with Gasteiger partial charge in [-0.1, -0.05) is 46.3 Å². The number of hydrogen-bond donors (Lipinski definition) is 0. The molecule has 1 aliphatic rings. The van der Waals surface area contributed by atoms with E-state index in [-0.39, 0.29) is 23.6 Å². The van der Waals surface area contributed by atoms with Gasteiger partial charge >= 0.3 is 0 Å². The molecule has 0 radical (unpaired) electrons. The molecule has 2 atom stereocenters. The first-order valence-corrected chi connectivity index (χ1v) is 8.09. The highest BCUT2D eigenvalue weighted by Crippen LogP contribution is 2.49. The molecule has 2 unspecified atom stereocenters. The predicted octanol–water partition coefficient (Wildman–Crippen LogP) is 4.35. The van der Waals surface area contributed by atoms with Crippen LogP contribution in [0.15, 0.2) is 53.0 Å². The van der Waals surface area contributed by atoms with Crippen molar-refractivity contribution < 1.29 is 9.18 Å². The molecular formula is C18H17BrFNO. The van der Waals surface area contributed by atoms with E-state index in [1.54, 1.807) is 24.1 Å². The maximum Gasteiger partial charge on any atom is 0.226 e. The van der Waals surface area contributed by atoms with Gasteiger partial charge in [0, 0.05) is 24.0 Å². The summed E-state index contributed by atoms with van der Waals surface area (Å²) < 4.78 is 14.8. The standard InChI is InChI=1S/C18H17BrFNO/c1-21(11-12-6-8-13(19)9-7-12)18(22)16-10-15(16)14-4-2-3-5-17(14)20/h2-9,15-16H,10-11H2,1H3. The zero-order valence-electron chi connectivity index (χ0n) is 12.3. The molecule has 22 heavy (non-hydrogen) atoms. The second-order valence-electron chi connectivity index (χ2n) is 5.79. The molecule has 2 aromatic rings. The first-order valence-electron chi connectivity index (χ1n) is 7.30. The van der Waals surface area contributed by atoms with Crippen LogP contribution < -0.4 is 0 Å². The minimum Gasteiger partial charge on any atom is -0.341 e. The average molecular weight is 362 g/mol. The van der Waals surface area contributed by atoms with E-state index in [4.69, 9.17) is 0 Å². The molecule has 0 aliphatic heterocycles. The number of benzene rings is 2. The zero-order chi connectivity index (χ0) is 15.7. The molecule has 2 nitrogen and oxygen atoms in total. The van der Waals surface area contributed by atoms with Crippen LogP contribution in [0.1, 0.15) is 23.5 Å². The molecule has 0 bridgehead atoms. The molecule has 1 amide bonds. The molecule has 1 saturated carbocycles. The van der Waals surface area contributed by atoms with Gasteiger partial charge in [-0.2, -0.15) is 0 Å². The van der Waals surface area contributed by atoms with E-state index in [2.05, 4.69) is 15.9 Å². The minimum absolute atomic E-state index is 0.0288. The quantitative estimate of drug-likeness (QED) is 0.792. The van der Waals surface area contributed by atoms with Crippen molar-refractivity contribution >= 4 is 21.8 Å². The Bertz CT molecular complexity index is 686. The van der Waals surface area contributed by atoms with Gasteiger partial charge in [-0.3, -0.25) is 4.79 Å². The molecule has 4 heteroatoms. The highest BCUT2D eigenvalue weighted by molar-refractivity contribution is 9.10. The van der Waals surface area contributed by atoms with Crippen LogP contribution in [0.4, 0.5) is 4.39 Å². The summed E-state index contributed by atoms with van der Waals surface area (Å²) in [4.78, 5) is 14.2. The third-order valence-corrected chi connectivity index (χ3v) is 4.65. The molecule has 0 saturated heterocycles. The van der Waals surface area contributed by atoms with Gasteiger partial charge in [-0.15, -0.1) is 0 Å². The highest BCUT2D eigenvalue weighted by atomic mass is 79.9. The predicted molar refractivity (Wildman–Crippen MR) is 87.9 cm³/mol. The van der Waals surface area contributed by atoms with Gasteiger partial charge in [0.15, 0.2) is 0 Å². The molecule has 1 aliphatic carbocycles. The Morgan fingerprint density at radius 3 is 2.59 bits per heavy atom. The maximum atomic E-state index is 13.8. The fourth-order valence-corrected chi connectivity index (χ4v) is 3.08. The van der Waals surface area contributed by atoms with Crippen molar-refractivity contribution in [3.8, 4) is 0 Å². The molecule has 0 spiro atoms. The van der Waals surface area contributed by atoms with Gasteiger partial charge in [0.2, 0.25) is 5.91 Å². The molecule has 3 rings (SSSR count). The monoisotopic (exact) mass is 361 g/mol. The van der Waals surface area contributed by atoms with E-state index in [9.17, 15) is 9.18 Å². The van der Waals surface area contributed by atoms with Gasteiger partial charge in [-0.05, 0) is 41.7 Å². The van der Waals surface area contributed by atoms with Crippen LogP contribution in [-0.2, 0) is 11.3 Å². The highest BCUT2D eigenvalue weighted by Gasteiger charge is 2.46. The van der Waals surface area contributed by atoms with Crippen LogP contribution in [0.5, 0.6) is 0 Å². The fraction of sp³-hybridized carbons (Fsp3) is 0.278. The Kier molecular flexibility index (Phi) is 4.30. The lowest BCUT2D eigenvalue weighted by Crippen LogP contribution is -2.28. The molecule has 0 aromatic heterocycles. The number of rotatable bonds is 4. The molecule has 0 heterocycles. The maximum absolute atomic E-state index is 13.8. The van der Waals surface area contributed by atoms with E-state index < -0.39 is 0 Å². The van der Waals surface area contributed by atoms with Crippen molar-refractivity contribution in [1.82, 2.24) is 4.90 Å². The number of amides is 1. The molecule has 2 aromatic carbocycles. The van der Waals surface area contributed by atoms with Crippen molar-refractivity contribution in [2.24, 2.45) is 5.92 Å². The van der Waals surface area contributed by atoms with Gasteiger partial charge in [0.25, 0.3) is 0 Å². The second-order valence-corrected chi connectivity index (χ2v) is 6.71. The lowest BCUT2D eigenvalue weighted by molar-refractivity contribution is -0.131. The zero-order valence-corrected chi connectivity index (χ0v) is 13.9. The van der Waals surface area contributed by atoms with E-state index >= 15 is 0 Å². The van der Waals surface area contributed by atoms with Gasteiger partial charge in [0.05, 0.1) is 0 Å². The number of carbonyl (C=O) groups excluding carboxylic acids is 1. The average Bonchev–Trinajstić information content (AvgIpc) is 3.29. The summed E-state index contributed by atoms with van der Waals surface area (Å²) in [6.07, 6.45) is 0.741.